The molecule has 17 heavy (non-hydrogen) atoms. The van der Waals surface area contributed by atoms with Crippen LogP contribution in [0.1, 0.15) is 0 Å². The number of aromatic nitrogens is 1. The predicted molar refractivity (Wildman–Crippen MR) is 71.7 cm³/mol. The number of nitrogens with zero attached hydrogens (tertiary/aromatic N) is 2. The van der Waals surface area contributed by atoms with Crippen LogP contribution < -0.4 is 9.80 Å². The van der Waals surface area contributed by atoms with Gasteiger partial charge in [0.05, 0.1) is 0 Å². The third kappa shape index (κ3) is 2.13. The van der Waals surface area contributed by atoms with E-state index >= 15 is 0 Å². The van der Waals surface area contributed by atoms with E-state index in [0.717, 1.165) is 26.2 Å². The van der Waals surface area contributed by atoms with Gasteiger partial charge in [-0.1, -0.05) is 18.2 Å². The van der Waals surface area contributed by atoms with Gasteiger partial charge < -0.3 is 14.8 Å². The molecule has 1 fully saturated rings. The Kier molecular flexibility index (Phi) is 2.74. The van der Waals surface area contributed by atoms with Crippen LogP contribution in [0.2, 0.25) is 0 Å². The zero-order chi connectivity index (χ0) is 11.5. The lowest BCUT2D eigenvalue weighted by molar-refractivity contribution is 0.649. The van der Waals surface area contributed by atoms with E-state index in [0.29, 0.717) is 0 Å². The van der Waals surface area contributed by atoms with E-state index in [4.69, 9.17) is 0 Å². The van der Waals surface area contributed by atoms with Crippen LogP contribution >= 0.6 is 0 Å². The van der Waals surface area contributed by atoms with Crippen molar-refractivity contribution >= 4 is 11.5 Å². The average molecular weight is 227 g/mol. The van der Waals surface area contributed by atoms with Gasteiger partial charge in [-0.25, -0.2) is 0 Å². The van der Waals surface area contributed by atoms with Gasteiger partial charge in [0, 0.05) is 38.1 Å². The molecule has 2 aromatic rings. The molecule has 3 heteroatoms. The molecule has 3 nitrogen and oxygen atoms in total. The predicted octanol–water partition coefficient (Wildman–Crippen LogP) is 2.34. The molecule has 1 aliphatic rings. The summed E-state index contributed by atoms with van der Waals surface area (Å²) < 4.78 is 0. The van der Waals surface area contributed by atoms with Crippen molar-refractivity contribution in [2.45, 2.75) is 0 Å². The molecule has 0 atom stereocenters. The monoisotopic (exact) mass is 227 g/mol. The van der Waals surface area contributed by atoms with E-state index in [-0.39, 0.29) is 0 Å². The molecule has 1 saturated heterocycles. The van der Waals surface area contributed by atoms with Gasteiger partial charge in [-0.2, -0.15) is 0 Å². The maximum absolute atomic E-state index is 3.27. The fourth-order valence-corrected chi connectivity index (χ4v) is 2.36. The zero-order valence-electron chi connectivity index (χ0n) is 9.84. The Bertz CT molecular complexity index is 442. The Morgan fingerprint density at radius 3 is 2.12 bits per heavy atom. The minimum atomic E-state index is 1.08. The van der Waals surface area contributed by atoms with Crippen molar-refractivity contribution in [3.63, 3.8) is 0 Å². The molecule has 0 spiro atoms. The van der Waals surface area contributed by atoms with Crippen LogP contribution in [0.3, 0.4) is 0 Å². The lowest BCUT2D eigenvalue weighted by Gasteiger charge is -2.36. The Morgan fingerprint density at radius 2 is 1.47 bits per heavy atom. The number of benzene rings is 1. The second-order valence-electron chi connectivity index (χ2n) is 4.37. The molecule has 0 radical (unpaired) electrons. The second-order valence-corrected chi connectivity index (χ2v) is 4.37. The summed E-state index contributed by atoms with van der Waals surface area (Å²) in [4.78, 5) is 8.11. The molecule has 0 aliphatic carbocycles. The Balaban J connectivity index is 1.65. The van der Waals surface area contributed by atoms with E-state index in [2.05, 4.69) is 57.2 Å². The smallest absolute Gasteiger partial charge is 0.105 e. The molecule has 1 aliphatic heterocycles. The number of piperazine rings is 1. The van der Waals surface area contributed by atoms with Crippen molar-refractivity contribution in [3.05, 3.63) is 48.7 Å². The van der Waals surface area contributed by atoms with E-state index in [1.54, 1.807) is 0 Å². The van der Waals surface area contributed by atoms with Crippen molar-refractivity contribution < 1.29 is 0 Å². The highest BCUT2D eigenvalue weighted by Crippen LogP contribution is 2.18. The largest absolute Gasteiger partial charge is 0.368 e. The minimum absolute atomic E-state index is 1.08. The van der Waals surface area contributed by atoms with Crippen LogP contribution in [-0.4, -0.2) is 31.2 Å². The van der Waals surface area contributed by atoms with Gasteiger partial charge in [-0.05, 0) is 24.3 Å². The van der Waals surface area contributed by atoms with Gasteiger partial charge in [0.15, 0.2) is 0 Å². The third-order valence-corrected chi connectivity index (χ3v) is 3.32. The Labute approximate surface area is 102 Å². The molecule has 0 amide bonds. The van der Waals surface area contributed by atoms with Gasteiger partial charge >= 0.3 is 0 Å². The van der Waals surface area contributed by atoms with Gasteiger partial charge in [0.1, 0.15) is 5.82 Å². The number of anilines is 2. The summed E-state index contributed by atoms with van der Waals surface area (Å²) in [6.07, 6.45) is 1.99. The first-order chi connectivity index (χ1) is 8.43. The van der Waals surface area contributed by atoms with E-state index in [1.165, 1.54) is 11.5 Å². The first kappa shape index (κ1) is 10.3. The van der Waals surface area contributed by atoms with Gasteiger partial charge in [-0.3, -0.25) is 0 Å². The van der Waals surface area contributed by atoms with Crippen LogP contribution in [-0.2, 0) is 0 Å². The van der Waals surface area contributed by atoms with Crippen molar-refractivity contribution in [1.82, 2.24) is 4.98 Å². The number of hydrogen-bond donors (Lipinski definition) is 1. The summed E-state index contributed by atoms with van der Waals surface area (Å²) >= 11 is 0. The number of aromatic amines is 1. The van der Waals surface area contributed by atoms with Crippen LogP contribution in [0.4, 0.5) is 11.5 Å². The average Bonchev–Trinajstić information content (AvgIpc) is 2.94. The van der Waals surface area contributed by atoms with Crippen molar-refractivity contribution in [2.75, 3.05) is 36.0 Å². The molecule has 2 heterocycles. The normalized spacial score (nSPS) is 16.2. The maximum atomic E-state index is 3.27. The topological polar surface area (TPSA) is 22.3 Å². The summed E-state index contributed by atoms with van der Waals surface area (Å²) in [7, 11) is 0. The standard InChI is InChI=1S/C14H17N3/c1-2-5-13(6-3-1)16-9-11-17(12-10-16)14-7-4-8-15-14/h1-8,15H,9-12H2. The molecule has 0 saturated carbocycles. The van der Waals surface area contributed by atoms with E-state index < -0.39 is 0 Å². The van der Waals surface area contributed by atoms with Crippen LogP contribution in [0.5, 0.6) is 0 Å². The quantitative estimate of drug-likeness (QED) is 0.850. The summed E-state index contributed by atoms with van der Waals surface area (Å²) in [5.74, 6) is 1.23. The number of hydrogen-bond acceptors (Lipinski definition) is 2. The molecule has 88 valence electrons. The van der Waals surface area contributed by atoms with Crippen molar-refractivity contribution in [2.24, 2.45) is 0 Å². The zero-order valence-corrected chi connectivity index (χ0v) is 9.84. The van der Waals surface area contributed by atoms with Crippen LogP contribution in [0.25, 0.3) is 0 Å². The van der Waals surface area contributed by atoms with Crippen molar-refractivity contribution in [1.29, 1.82) is 0 Å². The van der Waals surface area contributed by atoms with Gasteiger partial charge in [-0.15, -0.1) is 0 Å². The van der Waals surface area contributed by atoms with E-state index in [9.17, 15) is 0 Å². The SMILES string of the molecule is c1ccc(N2CCN(c3ccc[nH]3)CC2)cc1. The molecule has 1 N–H and O–H groups in total. The maximum Gasteiger partial charge on any atom is 0.105 e. The fraction of sp³-hybridized carbons (Fsp3) is 0.286. The highest BCUT2D eigenvalue weighted by molar-refractivity contribution is 5.49. The molecule has 1 aromatic carbocycles. The Morgan fingerprint density at radius 1 is 0.765 bits per heavy atom. The van der Waals surface area contributed by atoms with Crippen LogP contribution in [0, 0.1) is 0 Å². The molecule has 1 aromatic heterocycles. The summed E-state index contributed by atoms with van der Waals surface area (Å²) in [5, 5.41) is 0. The lowest BCUT2D eigenvalue weighted by Crippen LogP contribution is -2.46. The number of nitrogens with one attached hydrogen (secondary N) is 1. The number of para-hydroxylation sites is 1. The molecular weight excluding hydrogens is 210 g/mol. The van der Waals surface area contributed by atoms with E-state index in [1.807, 2.05) is 6.20 Å². The van der Waals surface area contributed by atoms with Crippen LogP contribution in [0.15, 0.2) is 48.7 Å². The molecule has 0 unspecified atom stereocenters. The lowest BCUT2D eigenvalue weighted by atomic mass is 10.2. The van der Waals surface area contributed by atoms with Gasteiger partial charge in [0.2, 0.25) is 0 Å². The summed E-state index contributed by atoms with van der Waals surface area (Å²) in [5.41, 5.74) is 1.33. The van der Waals surface area contributed by atoms with Crippen molar-refractivity contribution in [3.8, 4) is 0 Å². The highest BCUT2D eigenvalue weighted by atomic mass is 15.3. The Hall–Kier alpha value is -1.90. The second kappa shape index (κ2) is 4.53. The first-order valence-corrected chi connectivity index (χ1v) is 6.12. The third-order valence-electron chi connectivity index (χ3n) is 3.32. The molecular formula is C14H17N3. The van der Waals surface area contributed by atoms with Gasteiger partial charge in [0.25, 0.3) is 0 Å². The highest BCUT2D eigenvalue weighted by Gasteiger charge is 2.17. The first-order valence-electron chi connectivity index (χ1n) is 6.12. The molecule has 0 bridgehead atoms. The summed E-state index contributed by atoms with van der Waals surface area (Å²) in [6, 6.07) is 14.8. The molecule has 3 rings (SSSR count). The fourth-order valence-electron chi connectivity index (χ4n) is 2.36. The minimum Gasteiger partial charge on any atom is -0.368 e. The summed E-state index contributed by atoms with van der Waals surface area (Å²) in [6.45, 7) is 4.33. The number of H-pyrrole nitrogens is 1. The number of rotatable bonds is 2.